The summed E-state index contributed by atoms with van der Waals surface area (Å²) >= 11 is 0. The van der Waals surface area contributed by atoms with Crippen LogP contribution in [0.1, 0.15) is 25.5 Å². The predicted molar refractivity (Wildman–Crippen MR) is 53.2 cm³/mol. The van der Waals surface area contributed by atoms with E-state index in [-0.39, 0.29) is 6.04 Å². The second-order valence-electron chi connectivity index (χ2n) is 3.65. The van der Waals surface area contributed by atoms with Crippen LogP contribution in [0, 0.1) is 5.92 Å². The van der Waals surface area contributed by atoms with E-state index < -0.39 is 0 Å². The van der Waals surface area contributed by atoms with Gasteiger partial charge in [-0.15, -0.1) is 0 Å². The molecule has 0 fully saturated rings. The summed E-state index contributed by atoms with van der Waals surface area (Å²) in [7, 11) is 1.68. The molecular formula is C10H18N2O. The van der Waals surface area contributed by atoms with Gasteiger partial charge >= 0.3 is 0 Å². The third kappa shape index (κ3) is 2.57. The van der Waals surface area contributed by atoms with Crippen LogP contribution in [0.3, 0.4) is 0 Å². The molecule has 1 atom stereocenters. The molecule has 1 aromatic heterocycles. The Morgan fingerprint density at radius 3 is 2.77 bits per heavy atom. The van der Waals surface area contributed by atoms with Gasteiger partial charge in [-0.1, -0.05) is 13.8 Å². The SMILES string of the molecule is COCn1ccc(C(N)C(C)C)c1. The summed E-state index contributed by atoms with van der Waals surface area (Å²) in [4.78, 5) is 0. The van der Waals surface area contributed by atoms with E-state index in [4.69, 9.17) is 10.5 Å². The molecule has 74 valence electrons. The second-order valence-corrected chi connectivity index (χ2v) is 3.65. The Morgan fingerprint density at radius 1 is 1.54 bits per heavy atom. The Balaban J connectivity index is 2.67. The Hall–Kier alpha value is -0.800. The van der Waals surface area contributed by atoms with Crippen LogP contribution in [-0.2, 0) is 11.5 Å². The molecule has 2 N–H and O–H groups in total. The first-order valence-electron chi connectivity index (χ1n) is 4.55. The van der Waals surface area contributed by atoms with E-state index >= 15 is 0 Å². The molecule has 0 spiro atoms. The smallest absolute Gasteiger partial charge is 0.121 e. The number of nitrogens with zero attached hydrogens (tertiary/aromatic N) is 1. The fraction of sp³-hybridized carbons (Fsp3) is 0.600. The summed E-state index contributed by atoms with van der Waals surface area (Å²) in [5.41, 5.74) is 7.17. The first-order valence-corrected chi connectivity index (χ1v) is 4.55. The fourth-order valence-corrected chi connectivity index (χ4v) is 1.27. The van der Waals surface area contributed by atoms with Gasteiger partial charge in [-0.3, -0.25) is 0 Å². The number of hydrogen-bond donors (Lipinski definition) is 1. The lowest BCUT2D eigenvalue weighted by Gasteiger charge is -2.13. The van der Waals surface area contributed by atoms with Crippen LogP contribution in [0.25, 0.3) is 0 Å². The van der Waals surface area contributed by atoms with Gasteiger partial charge in [-0.05, 0) is 17.5 Å². The van der Waals surface area contributed by atoms with Crippen molar-refractivity contribution < 1.29 is 4.74 Å². The number of rotatable bonds is 4. The number of ether oxygens (including phenoxy) is 1. The summed E-state index contributed by atoms with van der Waals surface area (Å²) in [6, 6.07) is 2.17. The zero-order valence-electron chi connectivity index (χ0n) is 8.53. The summed E-state index contributed by atoms with van der Waals surface area (Å²) in [5.74, 6) is 0.471. The van der Waals surface area contributed by atoms with Gasteiger partial charge < -0.3 is 15.0 Å². The average molecular weight is 182 g/mol. The number of hydrogen-bond acceptors (Lipinski definition) is 2. The first-order chi connectivity index (χ1) is 6.15. The van der Waals surface area contributed by atoms with Gasteiger partial charge in [-0.25, -0.2) is 0 Å². The minimum atomic E-state index is 0.123. The van der Waals surface area contributed by atoms with E-state index in [0.717, 1.165) is 0 Å². The van der Waals surface area contributed by atoms with Crippen molar-refractivity contribution in [1.82, 2.24) is 4.57 Å². The number of nitrogens with two attached hydrogens (primary N) is 1. The third-order valence-electron chi connectivity index (χ3n) is 2.15. The molecule has 1 aromatic rings. The van der Waals surface area contributed by atoms with E-state index in [9.17, 15) is 0 Å². The quantitative estimate of drug-likeness (QED) is 0.770. The topological polar surface area (TPSA) is 40.2 Å². The third-order valence-corrected chi connectivity index (χ3v) is 2.15. The van der Waals surface area contributed by atoms with Crippen molar-refractivity contribution in [1.29, 1.82) is 0 Å². The molecule has 0 saturated carbocycles. The highest BCUT2D eigenvalue weighted by molar-refractivity contribution is 5.15. The lowest BCUT2D eigenvalue weighted by atomic mass is 10.00. The molecule has 1 unspecified atom stereocenters. The zero-order valence-corrected chi connectivity index (χ0v) is 8.53. The van der Waals surface area contributed by atoms with Crippen molar-refractivity contribution in [2.24, 2.45) is 11.7 Å². The maximum Gasteiger partial charge on any atom is 0.121 e. The van der Waals surface area contributed by atoms with Crippen molar-refractivity contribution in [2.75, 3.05) is 7.11 Å². The predicted octanol–water partition coefficient (Wildman–Crippen LogP) is 1.75. The molecule has 0 aliphatic heterocycles. The fourth-order valence-electron chi connectivity index (χ4n) is 1.27. The maximum atomic E-state index is 5.99. The zero-order chi connectivity index (χ0) is 9.84. The molecule has 0 bridgehead atoms. The molecule has 0 saturated heterocycles. The maximum absolute atomic E-state index is 5.99. The van der Waals surface area contributed by atoms with Crippen LogP contribution < -0.4 is 5.73 Å². The van der Waals surface area contributed by atoms with E-state index in [1.165, 1.54) is 5.56 Å². The minimum Gasteiger partial charge on any atom is -0.364 e. The molecule has 0 aliphatic rings. The van der Waals surface area contributed by atoms with Gasteiger partial charge in [0.25, 0.3) is 0 Å². The van der Waals surface area contributed by atoms with Crippen LogP contribution in [-0.4, -0.2) is 11.7 Å². The molecule has 1 rings (SSSR count). The molecule has 1 heterocycles. The van der Waals surface area contributed by atoms with E-state index in [2.05, 4.69) is 13.8 Å². The highest BCUT2D eigenvalue weighted by Crippen LogP contribution is 2.18. The normalized spacial score (nSPS) is 13.6. The van der Waals surface area contributed by atoms with Gasteiger partial charge in [-0.2, -0.15) is 0 Å². The van der Waals surface area contributed by atoms with Gasteiger partial charge in [0.05, 0.1) is 0 Å². The molecule has 13 heavy (non-hydrogen) atoms. The molecule has 0 amide bonds. The van der Waals surface area contributed by atoms with Gasteiger partial charge in [0.15, 0.2) is 0 Å². The lowest BCUT2D eigenvalue weighted by molar-refractivity contribution is 0.131. The largest absolute Gasteiger partial charge is 0.364 e. The van der Waals surface area contributed by atoms with Gasteiger partial charge in [0.2, 0.25) is 0 Å². The van der Waals surface area contributed by atoms with Gasteiger partial charge in [0.1, 0.15) is 6.73 Å². The van der Waals surface area contributed by atoms with Crippen molar-refractivity contribution >= 4 is 0 Å². The van der Waals surface area contributed by atoms with Gasteiger partial charge in [0, 0.05) is 25.5 Å². The molecule has 3 heteroatoms. The van der Waals surface area contributed by atoms with E-state index in [1.54, 1.807) is 7.11 Å². The van der Waals surface area contributed by atoms with Crippen molar-refractivity contribution in [3.8, 4) is 0 Å². The molecule has 0 aliphatic carbocycles. The molecule has 0 radical (unpaired) electrons. The summed E-state index contributed by atoms with van der Waals surface area (Å²) in [6.45, 7) is 4.83. The molecular weight excluding hydrogens is 164 g/mol. The Labute approximate surface area is 79.5 Å². The minimum absolute atomic E-state index is 0.123. The van der Waals surface area contributed by atoms with Crippen LogP contribution in [0.15, 0.2) is 18.5 Å². The van der Waals surface area contributed by atoms with E-state index in [1.807, 2.05) is 23.0 Å². The van der Waals surface area contributed by atoms with Crippen LogP contribution >= 0.6 is 0 Å². The Morgan fingerprint density at radius 2 is 2.23 bits per heavy atom. The monoisotopic (exact) mass is 182 g/mol. The summed E-state index contributed by atoms with van der Waals surface area (Å²) in [6.07, 6.45) is 4.02. The van der Waals surface area contributed by atoms with E-state index in [0.29, 0.717) is 12.6 Å². The highest BCUT2D eigenvalue weighted by Gasteiger charge is 2.10. The summed E-state index contributed by atoms with van der Waals surface area (Å²) in [5, 5.41) is 0. The first kappa shape index (κ1) is 10.3. The van der Waals surface area contributed by atoms with Crippen molar-refractivity contribution in [3.05, 3.63) is 24.0 Å². The standard InChI is InChI=1S/C10H18N2O/c1-8(2)10(11)9-4-5-12(6-9)7-13-3/h4-6,8,10H,7,11H2,1-3H3. The highest BCUT2D eigenvalue weighted by atomic mass is 16.5. The Bertz CT molecular complexity index is 255. The van der Waals surface area contributed by atoms with Crippen LogP contribution in [0.5, 0.6) is 0 Å². The Kier molecular flexibility index (Phi) is 3.51. The second kappa shape index (κ2) is 4.44. The molecule has 3 nitrogen and oxygen atoms in total. The van der Waals surface area contributed by atoms with Crippen LogP contribution in [0.4, 0.5) is 0 Å². The average Bonchev–Trinajstić information content (AvgIpc) is 2.52. The molecule has 0 aromatic carbocycles. The number of methoxy groups -OCH3 is 1. The number of aromatic nitrogens is 1. The summed E-state index contributed by atoms with van der Waals surface area (Å²) < 4.78 is 6.99. The van der Waals surface area contributed by atoms with Crippen molar-refractivity contribution in [3.63, 3.8) is 0 Å². The van der Waals surface area contributed by atoms with Crippen LogP contribution in [0.2, 0.25) is 0 Å². The lowest BCUT2D eigenvalue weighted by Crippen LogP contribution is -2.15. The van der Waals surface area contributed by atoms with Crippen molar-refractivity contribution in [2.45, 2.75) is 26.6 Å².